The number of hydrogen-bond acceptors (Lipinski definition) is 7. The maximum Gasteiger partial charge on any atom is 0.311 e. The molecule has 0 atom stereocenters. The van der Waals surface area contributed by atoms with Crippen molar-refractivity contribution in [2.75, 3.05) is 14.2 Å². The maximum atomic E-state index is 12.2. The Balaban J connectivity index is 1.83. The molecule has 0 aromatic heterocycles. The minimum absolute atomic E-state index is 0.160. The number of benzene rings is 2. The molecule has 2 aromatic rings. The highest BCUT2D eigenvalue weighted by molar-refractivity contribution is 8.18. The molecule has 0 bridgehead atoms. The molecule has 138 valence electrons. The Hall–Kier alpha value is -3.33. The minimum Gasteiger partial charge on any atom is -0.497 e. The fourth-order valence-corrected chi connectivity index (χ4v) is 3.19. The van der Waals surface area contributed by atoms with E-state index in [9.17, 15) is 14.9 Å². The van der Waals surface area contributed by atoms with Crippen LogP contribution in [-0.4, -0.2) is 30.2 Å². The number of nitro benzene ring substituents is 1. The number of nitro groups is 1. The van der Waals surface area contributed by atoms with Crippen LogP contribution >= 0.6 is 11.8 Å². The average Bonchev–Trinajstić information content (AvgIpc) is 3.01. The van der Waals surface area contributed by atoms with Crippen LogP contribution in [0.2, 0.25) is 0 Å². The number of nitrogens with zero attached hydrogens (tertiary/aromatic N) is 2. The zero-order chi connectivity index (χ0) is 19.4. The molecule has 1 saturated heterocycles. The molecule has 1 heterocycles. The van der Waals surface area contributed by atoms with Gasteiger partial charge in [-0.2, -0.15) is 0 Å². The van der Waals surface area contributed by atoms with Crippen LogP contribution in [0.15, 0.2) is 52.4 Å². The summed E-state index contributed by atoms with van der Waals surface area (Å²) in [4.78, 5) is 27.5. The van der Waals surface area contributed by atoms with Gasteiger partial charge < -0.3 is 14.8 Å². The van der Waals surface area contributed by atoms with E-state index >= 15 is 0 Å². The first-order valence-electron chi connectivity index (χ1n) is 7.76. The van der Waals surface area contributed by atoms with Crippen LogP contribution in [0, 0.1) is 10.1 Å². The van der Waals surface area contributed by atoms with Crippen molar-refractivity contribution in [2.45, 2.75) is 0 Å². The summed E-state index contributed by atoms with van der Waals surface area (Å²) < 4.78 is 10.1. The third kappa shape index (κ3) is 4.26. The number of methoxy groups -OCH3 is 2. The monoisotopic (exact) mass is 385 g/mol. The summed E-state index contributed by atoms with van der Waals surface area (Å²) in [5.74, 6) is 0.557. The molecule has 9 heteroatoms. The number of thioether (sulfide) groups is 1. The molecule has 0 unspecified atom stereocenters. The van der Waals surface area contributed by atoms with Crippen LogP contribution in [0.3, 0.4) is 0 Å². The zero-order valence-corrected chi connectivity index (χ0v) is 15.3. The van der Waals surface area contributed by atoms with Crippen LogP contribution in [-0.2, 0) is 4.79 Å². The van der Waals surface area contributed by atoms with E-state index in [0.717, 1.165) is 11.8 Å². The zero-order valence-electron chi connectivity index (χ0n) is 14.5. The predicted octanol–water partition coefficient (Wildman–Crippen LogP) is 3.50. The highest BCUT2D eigenvalue weighted by atomic mass is 32.2. The van der Waals surface area contributed by atoms with Gasteiger partial charge in [-0.15, -0.1) is 0 Å². The lowest BCUT2D eigenvalue weighted by Crippen LogP contribution is -2.19. The Bertz CT molecular complexity index is 954. The molecule has 27 heavy (non-hydrogen) atoms. The lowest BCUT2D eigenvalue weighted by atomic mass is 10.1. The first-order chi connectivity index (χ1) is 13.0. The molecule has 0 radical (unpaired) electrons. The van der Waals surface area contributed by atoms with Crippen LogP contribution < -0.4 is 14.8 Å². The van der Waals surface area contributed by atoms with Gasteiger partial charge in [0.25, 0.3) is 5.91 Å². The topological polar surface area (TPSA) is 103 Å². The van der Waals surface area contributed by atoms with Crippen LogP contribution in [0.5, 0.6) is 11.5 Å². The number of rotatable bonds is 5. The summed E-state index contributed by atoms with van der Waals surface area (Å²) in [5, 5.41) is 14.2. The van der Waals surface area contributed by atoms with E-state index in [4.69, 9.17) is 9.47 Å². The Morgan fingerprint density at radius 1 is 1.15 bits per heavy atom. The number of carbonyl (C=O) groups is 1. The molecule has 8 nitrogen and oxygen atoms in total. The lowest BCUT2D eigenvalue weighted by Gasteiger charge is -2.02. The van der Waals surface area contributed by atoms with Gasteiger partial charge in [0.15, 0.2) is 10.9 Å². The van der Waals surface area contributed by atoms with Gasteiger partial charge in [-0.05, 0) is 53.7 Å². The third-order valence-corrected chi connectivity index (χ3v) is 4.56. The van der Waals surface area contributed by atoms with Crippen molar-refractivity contribution < 1.29 is 19.2 Å². The van der Waals surface area contributed by atoms with Crippen molar-refractivity contribution >= 4 is 40.3 Å². The third-order valence-electron chi connectivity index (χ3n) is 3.65. The van der Waals surface area contributed by atoms with E-state index < -0.39 is 4.92 Å². The van der Waals surface area contributed by atoms with Crippen molar-refractivity contribution in [1.29, 1.82) is 0 Å². The number of ether oxygens (including phenoxy) is 2. The highest BCUT2D eigenvalue weighted by Gasteiger charge is 2.24. The summed E-state index contributed by atoms with van der Waals surface area (Å²) in [7, 11) is 2.94. The van der Waals surface area contributed by atoms with Gasteiger partial charge in [-0.1, -0.05) is 6.07 Å². The summed E-state index contributed by atoms with van der Waals surface area (Å²) >= 11 is 1.16. The van der Waals surface area contributed by atoms with E-state index in [1.807, 2.05) is 0 Å². The van der Waals surface area contributed by atoms with Crippen molar-refractivity contribution in [1.82, 2.24) is 5.32 Å². The molecule has 1 N–H and O–H groups in total. The molecule has 1 aliphatic rings. The quantitative estimate of drug-likeness (QED) is 0.480. The molecule has 1 fully saturated rings. The lowest BCUT2D eigenvalue weighted by molar-refractivity contribution is -0.385. The number of nitrogens with one attached hydrogen (secondary N) is 1. The second-order valence-electron chi connectivity index (χ2n) is 5.37. The number of amidine groups is 1. The van der Waals surface area contributed by atoms with E-state index in [2.05, 4.69) is 10.3 Å². The summed E-state index contributed by atoms with van der Waals surface area (Å²) in [6.45, 7) is 0. The van der Waals surface area contributed by atoms with Crippen molar-refractivity contribution in [3.63, 3.8) is 0 Å². The largest absolute Gasteiger partial charge is 0.497 e. The van der Waals surface area contributed by atoms with Crippen molar-refractivity contribution in [3.05, 3.63) is 63.0 Å². The van der Waals surface area contributed by atoms with Gasteiger partial charge in [0.2, 0.25) is 0 Å². The van der Waals surface area contributed by atoms with E-state index in [1.54, 1.807) is 43.5 Å². The maximum absolute atomic E-state index is 12.2. The standard InChI is InChI=1S/C18H15N3O5S/c1-25-13-6-4-12(5-7-13)19-18-20-17(22)16(27-18)10-11-3-8-15(26-2)14(9-11)21(23)24/h3-10H,1-2H3,(H,19,20,22)/b16-10+. The smallest absolute Gasteiger partial charge is 0.311 e. The molecule has 1 amide bonds. The fraction of sp³-hybridized carbons (Fsp3) is 0.111. The SMILES string of the molecule is COc1ccc(N=C2NC(=O)/C(=C\c3ccc(OC)c([N+](=O)[O-])c3)S2)cc1. The van der Waals surface area contributed by atoms with E-state index in [-0.39, 0.29) is 17.3 Å². The number of hydrogen-bond donors (Lipinski definition) is 1. The molecule has 0 saturated carbocycles. The molecule has 1 aliphatic heterocycles. The van der Waals surface area contributed by atoms with Crippen LogP contribution in [0.1, 0.15) is 5.56 Å². The predicted molar refractivity (Wildman–Crippen MR) is 103 cm³/mol. The van der Waals surface area contributed by atoms with Gasteiger partial charge in [0, 0.05) is 6.07 Å². The molecule has 3 rings (SSSR count). The number of amides is 1. The van der Waals surface area contributed by atoms with Gasteiger partial charge >= 0.3 is 5.69 Å². The minimum atomic E-state index is -0.529. The summed E-state index contributed by atoms with van der Waals surface area (Å²) in [6.07, 6.45) is 1.57. The molecular formula is C18H15N3O5S. The van der Waals surface area contributed by atoms with E-state index in [0.29, 0.717) is 27.1 Å². The average molecular weight is 385 g/mol. The van der Waals surface area contributed by atoms with Crippen LogP contribution in [0.4, 0.5) is 11.4 Å². The first-order valence-corrected chi connectivity index (χ1v) is 8.58. The number of aliphatic imine (C=N–C) groups is 1. The van der Waals surface area contributed by atoms with E-state index in [1.165, 1.54) is 19.2 Å². The molecule has 0 spiro atoms. The van der Waals surface area contributed by atoms with Crippen molar-refractivity contribution in [2.24, 2.45) is 4.99 Å². The number of carbonyl (C=O) groups excluding carboxylic acids is 1. The Morgan fingerprint density at radius 3 is 2.52 bits per heavy atom. The van der Waals surface area contributed by atoms with Crippen molar-refractivity contribution in [3.8, 4) is 11.5 Å². The molecule has 2 aromatic carbocycles. The molecular weight excluding hydrogens is 370 g/mol. The molecule has 0 aliphatic carbocycles. The Kier molecular flexibility index (Phi) is 5.41. The van der Waals surface area contributed by atoms with Gasteiger partial charge in [0.05, 0.1) is 29.7 Å². The summed E-state index contributed by atoms with van der Waals surface area (Å²) in [5.41, 5.74) is 1.02. The Labute approximate surface area is 159 Å². The summed E-state index contributed by atoms with van der Waals surface area (Å²) in [6, 6.07) is 11.6. The van der Waals surface area contributed by atoms with Gasteiger partial charge in [-0.25, -0.2) is 4.99 Å². The second-order valence-corrected chi connectivity index (χ2v) is 6.40. The highest BCUT2D eigenvalue weighted by Crippen LogP contribution is 2.32. The Morgan fingerprint density at radius 2 is 1.89 bits per heavy atom. The van der Waals surface area contributed by atoms with Gasteiger partial charge in [0.1, 0.15) is 5.75 Å². The second kappa shape index (κ2) is 7.92. The normalized spacial score (nSPS) is 16.4. The fourth-order valence-electron chi connectivity index (χ4n) is 2.35. The van der Waals surface area contributed by atoms with Gasteiger partial charge in [-0.3, -0.25) is 14.9 Å². The first kappa shape index (κ1) is 18.5. The van der Waals surface area contributed by atoms with Crippen LogP contribution in [0.25, 0.3) is 6.08 Å².